The van der Waals surface area contributed by atoms with Crippen LogP contribution in [0.5, 0.6) is 5.75 Å². The summed E-state index contributed by atoms with van der Waals surface area (Å²) in [4.78, 5) is 2.43. The predicted molar refractivity (Wildman–Crippen MR) is 113 cm³/mol. The van der Waals surface area contributed by atoms with Crippen molar-refractivity contribution in [2.24, 2.45) is 5.92 Å². The van der Waals surface area contributed by atoms with Gasteiger partial charge >= 0.3 is 0 Å². The molecule has 0 radical (unpaired) electrons. The maximum absolute atomic E-state index is 6.39. The molecule has 0 unspecified atom stereocenters. The molecule has 3 heteroatoms. The molecule has 2 fully saturated rings. The van der Waals surface area contributed by atoms with Crippen molar-refractivity contribution in [3.8, 4) is 5.75 Å². The molecule has 1 N–H and O–H groups in total. The smallest absolute Gasteiger partial charge is 0.124 e. The molecule has 0 atom stereocenters. The number of rotatable bonds is 6. The summed E-state index contributed by atoms with van der Waals surface area (Å²) in [6.45, 7) is 4.16. The number of nitrogens with zero attached hydrogens (tertiary/aromatic N) is 1. The Morgan fingerprint density at radius 3 is 2.56 bits per heavy atom. The van der Waals surface area contributed by atoms with Gasteiger partial charge in [-0.1, -0.05) is 49.6 Å². The molecule has 0 aromatic heterocycles. The molecular formula is C24H34N2O. The van der Waals surface area contributed by atoms with E-state index in [0.717, 1.165) is 24.8 Å². The van der Waals surface area contributed by atoms with Gasteiger partial charge in [0.25, 0.3) is 0 Å². The Morgan fingerprint density at radius 1 is 0.963 bits per heavy atom. The molecular weight excluding hydrogens is 332 g/mol. The van der Waals surface area contributed by atoms with E-state index in [-0.39, 0.29) is 0 Å². The first kappa shape index (κ1) is 18.8. The van der Waals surface area contributed by atoms with Crippen LogP contribution < -0.4 is 10.1 Å². The standard InChI is InChI=1S/C24H34N2O/c1-26-15-13-21(14-16-26)25-17-23-22-10-6-5-9-20(22)11-12-24(23)27-18-19-7-3-2-4-8-19/h5-6,9-12,19,21,25H,2-4,7-8,13-18H2,1H3. The van der Waals surface area contributed by atoms with Gasteiger partial charge in [-0.25, -0.2) is 0 Å². The van der Waals surface area contributed by atoms with Gasteiger partial charge in [0.15, 0.2) is 0 Å². The zero-order chi connectivity index (χ0) is 18.5. The Hall–Kier alpha value is -1.58. The molecule has 4 rings (SSSR count). The Morgan fingerprint density at radius 2 is 1.74 bits per heavy atom. The van der Waals surface area contributed by atoms with Crippen LogP contribution in [0.3, 0.4) is 0 Å². The second-order valence-corrected chi connectivity index (χ2v) is 8.54. The molecule has 27 heavy (non-hydrogen) atoms. The third-order valence-corrected chi connectivity index (χ3v) is 6.48. The molecule has 0 amide bonds. The van der Waals surface area contributed by atoms with Crippen molar-refractivity contribution in [3.63, 3.8) is 0 Å². The van der Waals surface area contributed by atoms with Crippen LogP contribution in [0.1, 0.15) is 50.5 Å². The number of likely N-dealkylation sites (tertiary alicyclic amines) is 1. The van der Waals surface area contributed by atoms with Crippen molar-refractivity contribution in [2.45, 2.75) is 57.5 Å². The van der Waals surface area contributed by atoms with Crippen molar-refractivity contribution in [1.29, 1.82) is 0 Å². The quantitative estimate of drug-likeness (QED) is 0.780. The normalized spacial score (nSPS) is 20.2. The Balaban J connectivity index is 1.48. The van der Waals surface area contributed by atoms with Gasteiger partial charge in [0.05, 0.1) is 6.61 Å². The van der Waals surface area contributed by atoms with Crippen LogP contribution in [0.4, 0.5) is 0 Å². The van der Waals surface area contributed by atoms with Crippen molar-refractivity contribution >= 4 is 10.8 Å². The Labute approximate surface area is 164 Å². The summed E-state index contributed by atoms with van der Waals surface area (Å²) >= 11 is 0. The monoisotopic (exact) mass is 366 g/mol. The van der Waals surface area contributed by atoms with Crippen LogP contribution in [-0.2, 0) is 6.54 Å². The molecule has 0 bridgehead atoms. The van der Waals surface area contributed by atoms with Crippen LogP contribution in [0.25, 0.3) is 10.8 Å². The van der Waals surface area contributed by atoms with E-state index in [0.29, 0.717) is 6.04 Å². The molecule has 0 spiro atoms. The van der Waals surface area contributed by atoms with E-state index in [1.54, 1.807) is 0 Å². The maximum atomic E-state index is 6.39. The SMILES string of the molecule is CN1CCC(NCc2c(OCC3CCCCC3)ccc3ccccc23)CC1. The van der Waals surface area contributed by atoms with Gasteiger partial charge in [0.1, 0.15) is 5.75 Å². The predicted octanol–water partition coefficient (Wildman–Crippen LogP) is 4.98. The van der Waals surface area contributed by atoms with Crippen LogP contribution in [0, 0.1) is 5.92 Å². The maximum Gasteiger partial charge on any atom is 0.124 e. The minimum Gasteiger partial charge on any atom is -0.493 e. The molecule has 1 aliphatic heterocycles. The molecule has 1 aliphatic carbocycles. The van der Waals surface area contributed by atoms with Gasteiger partial charge in [0, 0.05) is 18.2 Å². The second kappa shape index (κ2) is 9.07. The molecule has 1 saturated heterocycles. The summed E-state index contributed by atoms with van der Waals surface area (Å²) in [6.07, 6.45) is 9.28. The molecule has 2 aromatic rings. The van der Waals surface area contributed by atoms with E-state index in [4.69, 9.17) is 4.74 Å². The van der Waals surface area contributed by atoms with Crippen LogP contribution in [0.2, 0.25) is 0 Å². The van der Waals surface area contributed by atoms with Crippen LogP contribution in [-0.4, -0.2) is 37.7 Å². The fourth-order valence-electron chi connectivity index (χ4n) is 4.65. The van der Waals surface area contributed by atoms with Crippen molar-refractivity contribution in [2.75, 3.05) is 26.7 Å². The first-order valence-electron chi connectivity index (χ1n) is 10.8. The summed E-state index contributed by atoms with van der Waals surface area (Å²) in [7, 11) is 2.22. The highest BCUT2D eigenvalue weighted by Crippen LogP contribution is 2.30. The fourth-order valence-corrected chi connectivity index (χ4v) is 4.65. The molecule has 2 aliphatic rings. The van der Waals surface area contributed by atoms with Gasteiger partial charge in [-0.2, -0.15) is 0 Å². The topological polar surface area (TPSA) is 24.5 Å². The largest absolute Gasteiger partial charge is 0.493 e. The minimum atomic E-state index is 0.617. The van der Waals surface area contributed by atoms with E-state index in [1.807, 2.05) is 0 Å². The zero-order valence-corrected chi connectivity index (χ0v) is 16.8. The van der Waals surface area contributed by atoms with Crippen molar-refractivity contribution in [1.82, 2.24) is 10.2 Å². The van der Waals surface area contributed by atoms with E-state index >= 15 is 0 Å². The highest BCUT2D eigenvalue weighted by molar-refractivity contribution is 5.87. The summed E-state index contributed by atoms with van der Waals surface area (Å²) in [5, 5.41) is 6.46. The third kappa shape index (κ3) is 4.83. The lowest BCUT2D eigenvalue weighted by Crippen LogP contribution is -2.40. The highest BCUT2D eigenvalue weighted by atomic mass is 16.5. The summed E-state index contributed by atoms with van der Waals surface area (Å²) < 4.78 is 6.39. The molecule has 3 nitrogen and oxygen atoms in total. The average molecular weight is 367 g/mol. The highest BCUT2D eigenvalue weighted by Gasteiger charge is 2.19. The summed E-state index contributed by atoms with van der Waals surface area (Å²) in [5.74, 6) is 1.82. The first-order valence-corrected chi connectivity index (χ1v) is 10.8. The van der Waals surface area contributed by atoms with E-state index in [9.17, 15) is 0 Å². The number of benzene rings is 2. The van der Waals surface area contributed by atoms with Crippen molar-refractivity contribution in [3.05, 3.63) is 42.0 Å². The molecule has 1 heterocycles. The number of hydrogen-bond donors (Lipinski definition) is 1. The summed E-state index contributed by atoms with van der Waals surface area (Å²) in [5.41, 5.74) is 1.34. The molecule has 146 valence electrons. The Bertz CT molecular complexity index is 730. The lowest BCUT2D eigenvalue weighted by Gasteiger charge is -2.30. The van der Waals surface area contributed by atoms with Gasteiger partial charge in [-0.3, -0.25) is 0 Å². The minimum absolute atomic E-state index is 0.617. The van der Waals surface area contributed by atoms with E-state index < -0.39 is 0 Å². The number of fused-ring (bicyclic) bond motifs is 1. The lowest BCUT2D eigenvalue weighted by molar-refractivity contribution is 0.206. The molecule has 1 saturated carbocycles. The second-order valence-electron chi connectivity index (χ2n) is 8.54. The number of hydrogen-bond acceptors (Lipinski definition) is 3. The third-order valence-electron chi connectivity index (χ3n) is 6.48. The number of piperidine rings is 1. The lowest BCUT2D eigenvalue weighted by atomic mass is 9.90. The Kier molecular flexibility index (Phi) is 6.31. The van der Waals surface area contributed by atoms with E-state index in [1.165, 1.54) is 74.4 Å². The zero-order valence-electron chi connectivity index (χ0n) is 16.8. The van der Waals surface area contributed by atoms with Crippen molar-refractivity contribution < 1.29 is 4.74 Å². The summed E-state index contributed by atoms with van der Waals surface area (Å²) in [6, 6.07) is 13.7. The molecule has 2 aromatic carbocycles. The van der Waals surface area contributed by atoms with Gasteiger partial charge in [0.2, 0.25) is 0 Å². The van der Waals surface area contributed by atoms with Gasteiger partial charge < -0.3 is 15.0 Å². The number of ether oxygens (including phenoxy) is 1. The van der Waals surface area contributed by atoms with Gasteiger partial charge in [-0.15, -0.1) is 0 Å². The van der Waals surface area contributed by atoms with Gasteiger partial charge in [-0.05, 0) is 68.6 Å². The number of nitrogens with one attached hydrogen (secondary N) is 1. The van der Waals surface area contributed by atoms with E-state index in [2.05, 4.69) is 53.7 Å². The van der Waals surface area contributed by atoms with Crippen LogP contribution in [0.15, 0.2) is 36.4 Å². The average Bonchev–Trinajstić information content (AvgIpc) is 2.73. The van der Waals surface area contributed by atoms with Crippen LogP contribution >= 0.6 is 0 Å². The fraction of sp³-hybridized carbons (Fsp3) is 0.583. The first-order chi connectivity index (χ1) is 13.3.